The second kappa shape index (κ2) is 13.5. The molecule has 0 aromatic heterocycles. The zero-order valence-corrected chi connectivity index (χ0v) is 25.9. The molecule has 0 atom stereocenters. The van der Waals surface area contributed by atoms with Crippen molar-refractivity contribution in [1.29, 1.82) is 0 Å². The molecule has 0 unspecified atom stereocenters. The molecule has 6 aromatic rings. The maximum absolute atomic E-state index is 2.34. The molecule has 0 aliphatic heterocycles. The van der Waals surface area contributed by atoms with Crippen molar-refractivity contribution in [2.45, 2.75) is 40.0 Å². The summed E-state index contributed by atoms with van der Waals surface area (Å²) in [5.74, 6) is 0. The molecular weight excluding hydrogens is 532 g/mol. The lowest BCUT2D eigenvalue weighted by molar-refractivity contribution is 1.13. The van der Waals surface area contributed by atoms with Crippen LogP contribution in [-0.4, -0.2) is 0 Å². The normalized spacial score (nSPS) is 10.9. The zero-order valence-electron chi connectivity index (χ0n) is 25.9. The van der Waals surface area contributed by atoms with Crippen molar-refractivity contribution >= 4 is 34.1 Å². The summed E-state index contributed by atoms with van der Waals surface area (Å²) in [6.45, 7) is 6.59. The Labute approximate surface area is 262 Å². The number of hydrogen-bond acceptors (Lipinski definition) is 2. The van der Waals surface area contributed by atoms with Crippen LogP contribution in [0.2, 0.25) is 0 Å². The van der Waals surface area contributed by atoms with Gasteiger partial charge in [-0.05, 0) is 120 Å². The lowest BCUT2D eigenvalue weighted by Gasteiger charge is -2.26. The number of rotatable bonds is 10. The third-order valence-electron chi connectivity index (χ3n) is 8.41. The SMILES string of the molecule is CCc1ccc(N(c2ccccc2)c2ccc(-c3ccc(N(c4ccc(CC)cc4)c4ccc(CC)cc4)cc3)cc2)cc1. The minimum atomic E-state index is 1.03. The van der Waals surface area contributed by atoms with E-state index in [2.05, 4.69) is 182 Å². The zero-order chi connectivity index (χ0) is 30.3. The molecule has 0 N–H and O–H groups in total. The van der Waals surface area contributed by atoms with Gasteiger partial charge in [0.1, 0.15) is 0 Å². The smallest absolute Gasteiger partial charge is 0.0462 e. The van der Waals surface area contributed by atoms with Gasteiger partial charge in [0.2, 0.25) is 0 Å². The predicted octanol–water partition coefficient (Wildman–Crippen LogP) is 12.0. The Morgan fingerprint density at radius 1 is 0.295 bits per heavy atom. The average Bonchev–Trinajstić information content (AvgIpc) is 3.10. The maximum atomic E-state index is 2.34. The van der Waals surface area contributed by atoms with Crippen molar-refractivity contribution < 1.29 is 0 Å². The molecule has 218 valence electrons. The van der Waals surface area contributed by atoms with Crippen molar-refractivity contribution in [3.63, 3.8) is 0 Å². The first-order valence-corrected chi connectivity index (χ1v) is 15.8. The summed E-state index contributed by atoms with van der Waals surface area (Å²) in [7, 11) is 0. The van der Waals surface area contributed by atoms with Crippen LogP contribution in [0.1, 0.15) is 37.5 Å². The van der Waals surface area contributed by atoms with E-state index >= 15 is 0 Å². The van der Waals surface area contributed by atoms with Gasteiger partial charge >= 0.3 is 0 Å². The van der Waals surface area contributed by atoms with Crippen LogP contribution in [0.3, 0.4) is 0 Å². The van der Waals surface area contributed by atoms with Crippen LogP contribution in [0.4, 0.5) is 34.1 Å². The Hall–Kier alpha value is -5.08. The van der Waals surface area contributed by atoms with Crippen molar-refractivity contribution in [3.8, 4) is 11.1 Å². The Morgan fingerprint density at radius 2 is 0.545 bits per heavy atom. The number of para-hydroxylation sites is 1. The minimum absolute atomic E-state index is 1.03. The molecule has 2 nitrogen and oxygen atoms in total. The van der Waals surface area contributed by atoms with Gasteiger partial charge in [0.15, 0.2) is 0 Å². The highest BCUT2D eigenvalue weighted by atomic mass is 15.1. The van der Waals surface area contributed by atoms with Gasteiger partial charge in [-0.25, -0.2) is 0 Å². The van der Waals surface area contributed by atoms with E-state index < -0.39 is 0 Å². The number of benzene rings is 6. The van der Waals surface area contributed by atoms with E-state index in [1.165, 1.54) is 27.8 Å². The molecule has 0 bridgehead atoms. The minimum Gasteiger partial charge on any atom is -0.311 e. The summed E-state index contributed by atoms with van der Waals surface area (Å²) in [5, 5.41) is 0. The summed E-state index contributed by atoms with van der Waals surface area (Å²) in [6, 6.07) is 55.1. The summed E-state index contributed by atoms with van der Waals surface area (Å²) >= 11 is 0. The number of anilines is 6. The summed E-state index contributed by atoms with van der Waals surface area (Å²) in [5.41, 5.74) is 13.3. The van der Waals surface area contributed by atoms with Crippen molar-refractivity contribution in [1.82, 2.24) is 0 Å². The molecule has 0 heterocycles. The van der Waals surface area contributed by atoms with Crippen LogP contribution in [0, 0.1) is 0 Å². The van der Waals surface area contributed by atoms with Crippen LogP contribution in [0.15, 0.2) is 152 Å². The molecule has 2 heteroatoms. The van der Waals surface area contributed by atoms with Crippen LogP contribution < -0.4 is 9.80 Å². The summed E-state index contributed by atoms with van der Waals surface area (Å²) in [4.78, 5) is 4.66. The monoisotopic (exact) mass is 572 g/mol. The lowest BCUT2D eigenvalue weighted by atomic mass is 10.0. The number of hydrogen-bond donors (Lipinski definition) is 0. The van der Waals surface area contributed by atoms with Gasteiger partial charge in [-0.3, -0.25) is 0 Å². The van der Waals surface area contributed by atoms with E-state index in [9.17, 15) is 0 Å². The largest absolute Gasteiger partial charge is 0.311 e. The average molecular weight is 573 g/mol. The molecule has 0 fully saturated rings. The first-order chi connectivity index (χ1) is 21.7. The van der Waals surface area contributed by atoms with Crippen LogP contribution in [0.25, 0.3) is 11.1 Å². The van der Waals surface area contributed by atoms with Gasteiger partial charge < -0.3 is 9.80 Å². The Bertz CT molecular complexity index is 1710. The number of aryl methyl sites for hydroxylation is 3. The van der Waals surface area contributed by atoms with E-state index in [1.54, 1.807) is 0 Å². The molecule has 0 aliphatic carbocycles. The highest BCUT2D eigenvalue weighted by Crippen LogP contribution is 2.38. The van der Waals surface area contributed by atoms with E-state index in [1.807, 2.05) is 0 Å². The van der Waals surface area contributed by atoms with Gasteiger partial charge in [-0.15, -0.1) is 0 Å². The third kappa shape index (κ3) is 6.31. The lowest BCUT2D eigenvalue weighted by Crippen LogP contribution is -2.10. The molecule has 0 saturated carbocycles. The van der Waals surface area contributed by atoms with Crippen molar-refractivity contribution in [2.24, 2.45) is 0 Å². The molecule has 0 aliphatic rings. The van der Waals surface area contributed by atoms with E-state index in [0.29, 0.717) is 0 Å². The molecule has 0 radical (unpaired) electrons. The topological polar surface area (TPSA) is 6.48 Å². The van der Waals surface area contributed by atoms with Crippen LogP contribution in [0.5, 0.6) is 0 Å². The van der Waals surface area contributed by atoms with Gasteiger partial charge in [0.25, 0.3) is 0 Å². The van der Waals surface area contributed by atoms with E-state index in [-0.39, 0.29) is 0 Å². The maximum Gasteiger partial charge on any atom is 0.0462 e. The fourth-order valence-corrected chi connectivity index (χ4v) is 5.72. The van der Waals surface area contributed by atoms with Gasteiger partial charge in [-0.1, -0.05) is 99.6 Å². The standard InChI is InChI=1S/C42H40N2/c1-4-32-12-22-38(23-13-32)43(37-10-8-7-9-11-37)41-28-18-35(19-29-41)36-20-30-42(31-21-36)44(39-24-14-33(5-2)15-25-39)40-26-16-34(6-3)17-27-40/h7-31H,4-6H2,1-3H3. The molecular formula is C42H40N2. The summed E-state index contributed by atoms with van der Waals surface area (Å²) < 4.78 is 0. The Morgan fingerprint density at radius 3 is 0.818 bits per heavy atom. The second-order valence-corrected chi connectivity index (χ2v) is 11.2. The Kier molecular flexibility index (Phi) is 8.89. The van der Waals surface area contributed by atoms with Crippen LogP contribution in [-0.2, 0) is 19.3 Å². The fraction of sp³-hybridized carbons (Fsp3) is 0.143. The molecule has 0 saturated heterocycles. The highest BCUT2D eigenvalue weighted by Gasteiger charge is 2.15. The summed E-state index contributed by atoms with van der Waals surface area (Å²) in [6.07, 6.45) is 3.10. The van der Waals surface area contributed by atoms with Crippen molar-refractivity contribution in [3.05, 3.63) is 168 Å². The number of nitrogens with zero attached hydrogens (tertiary/aromatic N) is 2. The first kappa shape index (κ1) is 29.0. The molecule has 6 aromatic carbocycles. The molecule has 44 heavy (non-hydrogen) atoms. The predicted molar refractivity (Wildman–Crippen MR) is 189 cm³/mol. The fourth-order valence-electron chi connectivity index (χ4n) is 5.72. The van der Waals surface area contributed by atoms with Crippen molar-refractivity contribution in [2.75, 3.05) is 9.80 Å². The van der Waals surface area contributed by atoms with Gasteiger partial charge in [0, 0.05) is 34.1 Å². The third-order valence-corrected chi connectivity index (χ3v) is 8.41. The quantitative estimate of drug-likeness (QED) is 0.161. The highest BCUT2D eigenvalue weighted by molar-refractivity contribution is 5.80. The van der Waals surface area contributed by atoms with Gasteiger partial charge in [-0.2, -0.15) is 0 Å². The van der Waals surface area contributed by atoms with Crippen LogP contribution >= 0.6 is 0 Å². The van der Waals surface area contributed by atoms with E-state index in [4.69, 9.17) is 0 Å². The molecule has 6 rings (SSSR count). The van der Waals surface area contributed by atoms with E-state index in [0.717, 1.165) is 53.4 Å². The van der Waals surface area contributed by atoms with Gasteiger partial charge in [0.05, 0.1) is 0 Å². The second-order valence-electron chi connectivity index (χ2n) is 11.2. The molecule has 0 amide bonds. The molecule has 0 spiro atoms. The first-order valence-electron chi connectivity index (χ1n) is 15.8. The Balaban J connectivity index is 1.30.